The fourth-order valence-electron chi connectivity index (χ4n) is 3.90. The second-order valence-electron chi connectivity index (χ2n) is 7.62. The minimum Gasteiger partial charge on any atom is -0.324 e. The fourth-order valence-corrected chi connectivity index (χ4v) is 4.85. The molecule has 1 aliphatic heterocycles. The van der Waals surface area contributed by atoms with Crippen molar-refractivity contribution < 1.29 is 4.79 Å². The summed E-state index contributed by atoms with van der Waals surface area (Å²) in [6, 6.07) is 14.7. The van der Waals surface area contributed by atoms with Gasteiger partial charge in [0.05, 0.1) is 6.54 Å². The summed E-state index contributed by atoms with van der Waals surface area (Å²) in [5.74, 6) is 0.0784. The van der Waals surface area contributed by atoms with Gasteiger partial charge in [-0.15, -0.1) is 11.3 Å². The number of rotatable bonds is 5. The summed E-state index contributed by atoms with van der Waals surface area (Å²) in [5.41, 5.74) is 4.60. The van der Waals surface area contributed by atoms with Crippen molar-refractivity contribution in [1.82, 2.24) is 9.80 Å². The van der Waals surface area contributed by atoms with Crippen LogP contribution >= 0.6 is 11.3 Å². The van der Waals surface area contributed by atoms with E-state index in [4.69, 9.17) is 0 Å². The molecule has 1 fully saturated rings. The Labute approximate surface area is 170 Å². The number of carbonyl (C=O) groups is 1. The number of anilines is 1. The van der Waals surface area contributed by atoms with E-state index in [1.165, 1.54) is 15.6 Å². The van der Waals surface area contributed by atoms with Crippen molar-refractivity contribution >= 4 is 33.0 Å². The van der Waals surface area contributed by atoms with Crippen LogP contribution in [0.1, 0.15) is 16.7 Å². The molecule has 0 atom stereocenters. The second kappa shape index (κ2) is 8.43. The van der Waals surface area contributed by atoms with E-state index < -0.39 is 0 Å². The molecule has 0 aliphatic carbocycles. The predicted molar refractivity (Wildman–Crippen MR) is 118 cm³/mol. The fraction of sp³-hybridized carbons (Fsp3) is 0.348. The molecule has 0 saturated carbocycles. The van der Waals surface area contributed by atoms with Gasteiger partial charge in [0.2, 0.25) is 5.91 Å². The maximum absolute atomic E-state index is 12.5. The Kier molecular flexibility index (Phi) is 5.76. The van der Waals surface area contributed by atoms with E-state index in [2.05, 4.69) is 44.8 Å². The van der Waals surface area contributed by atoms with Gasteiger partial charge in [0, 0.05) is 43.1 Å². The first-order valence-corrected chi connectivity index (χ1v) is 10.7. The van der Waals surface area contributed by atoms with Crippen molar-refractivity contribution in [3.63, 3.8) is 0 Å². The van der Waals surface area contributed by atoms with E-state index in [0.29, 0.717) is 6.54 Å². The highest BCUT2D eigenvalue weighted by atomic mass is 32.1. The molecule has 4 nitrogen and oxygen atoms in total. The van der Waals surface area contributed by atoms with Crippen LogP contribution in [-0.2, 0) is 11.3 Å². The molecule has 1 aromatic heterocycles. The number of nitrogens with zero attached hydrogens (tertiary/aromatic N) is 2. The molecule has 2 aromatic carbocycles. The lowest BCUT2D eigenvalue weighted by Gasteiger charge is -2.34. The average molecular weight is 394 g/mol. The average Bonchev–Trinajstić information content (AvgIpc) is 3.09. The monoisotopic (exact) mass is 393 g/mol. The molecule has 2 heterocycles. The third-order valence-electron chi connectivity index (χ3n) is 5.53. The van der Waals surface area contributed by atoms with Gasteiger partial charge in [-0.05, 0) is 47.4 Å². The summed E-state index contributed by atoms with van der Waals surface area (Å²) < 4.78 is 1.36. The summed E-state index contributed by atoms with van der Waals surface area (Å²) in [7, 11) is 0. The van der Waals surface area contributed by atoms with Crippen molar-refractivity contribution in [3.8, 4) is 0 Å². The maximum Gasteiger partial charge on any atom is 0.238 e. The van der Waals surface area contributed by atoms with Gasteiger partial charge in [0.25, 0.3) is 0 Å². The predicted octanol–water partition coefficient (Wildman–Crippen LogP) is 4.27. The van der Waals surface area contributed by atoms with E-state index in [1.54, 1.807) is 0 Å². The van der Waals surface area contributed by atoms with Gasteiger partial charge in [-0.2, -0.15) is 0 Å². The van der Waals surface area contributed by atoms with Gasteiger partial charge >= 0.3 is 0 Å². The minimum absolute atomic E-state index is 0.0784. The summed E-state index contributed by atoms with van der Waals surface area (Å²) >= 11 is 1.82. The number of nitrogens with one attached hydrogen (secondary N) is 1. The van der Waals surface area contributed by atoms with E-state index in [1.807, 2.05) is 43.4 Å². The quantitative estimate of drug-likeness (QED) is 0.703. The van der Waals surface area contributed by atoms with Gasteiger partial charge in [-0.3, -0.25) is 14.6 Å². The number of thiophene rings is 1. The molecule has 1 aliphatic rings. The number of aryl methyl sites for hydroxylation is 2. The Bertz CT molecular complexity index is 953. The largest absolute Gasteiger partial charge is 0.324 e. The first-order valence-electron chi connectivity index (χ1n) is 9.86. The highest BCUT2D eigenvalue weighted by Gasteiger charge is 2.20. The Hall–Kier alpha value is -2.21. The first kappa shape index (κ1) is 19.1. The zero-order valence-electron chi connectivity index (χ0n) is 16.6. The molecule has 3 aromatic rings. The van der Waals surface area contributed by atoms with Crippen molar-refractivity contribution in [2.75, 3.05) is 38.0 Å². The van der Waals surface area contributed by atoms with E-state index >= 15 is 0 Å². The standard InChI is InChI=1S/C23H27N3OS/c1-17-6-5-7-18(2)23(17)24-22(27)15-26-12-10-25(11-13-26)14-19-16-28-21-9-4-3-8-20(19)21/h3-9,16H,10-15H2,1-2H3,(H,24,27). The van der Waals surface area contributed by atoms with Crippen LogP contribution in [-0.4, -0.2) is 48.4 Å². The molecule has 28 heavy (non-hydrogen) atoms. The van der Waals surface area contributed by atoms with Crippen molar-refractivity contribution in [2.45, 2.75) is 20.4 Å². The SMILES string of the molecule is Cc1cccc(C)c1NC(=O)CN1CCN(Cc2csc3ccccc23)CC1. The molecule has 4 rings (SSSR count). The molecule has 1 amide bonds. The van der Waals surface area contributed by atoms with E-state index in [-0.39, 0.29) is 5.91 Å². The van der Waals surface area contributed by atoms with Crippen LogP contribution in [0.5, 0.6) is 0 Å². The second-order valence-corrected chi connectivity index (χ2v) is 8.54. The first-order chi connectivity index (χ1) is 13.6. The molecule has 0 bridgehead atoms. The third kappa shape index (κ3) is 4.27. The number of piperazine rings is 1. The Balaban J connectivity index is 1.29. The van der Waals surface area contributed by atoms with Crippen LogP contribution in [0, 0.1) is 13.8 Å². The smallest absolute Gasteiger partial charge is 0.238 e. The molecule has 1 saturated heterocycles. The zero-order valence-corrected chi connectivity index (χ0v) is 17.4. The van der Waals surface area contributed by atoms with Crippen molar-refractivity contribution in [1.29, 1.82) is 0 Å². The summed E-state index contributed by atoms with van der Waals surface area (Å²) in [6.45, 7) is 9.40. The minimum atomic E-state index is 0.0784. The van der Waals surface area contributed by atoms with E-state index in [0.717, 1.165) is 49.5 Å². The van der Waals surface area contributed by atoms with Gasteiger partial charge in [-0.1, -0.05) is 36.4 Å². The highest BCUT2D eigenvalue weighted by molar-refractivity contribution is 7.17. The molecule has 1 N–H and O–H groups in total. The van der Waals surface area contributed by atoms with Crippen LogP contribution in [0.25, 0.3) is 10.1 Å². The molecule has 0 radical (unpaired) electrons. The normalized spacial score (nSPS) is 15.8. The number of para-hydroxylation sites is 1. The Morgan fingerprint density at radius 3 is 2.39 bits per heavy atom. The lowest BCUT2D eigenvalue weighted by atomic mass is 10.1. The number of carbonyl (C=O) groups excluding carboxylic acids is 1. The van der Waals surface area contributed by atoms with Crippen molar-refractivity contribution in [3.05, 3.63) is 64.5 Å². The number of hydrogen-bond donors (Lipinski definition) is 1. The van der Waals surface area contributed by atoms with Crippen LogP contribution in [0.4, 0.5) is 5.69 Å². The number of benzene rings is 2. The van der Waals surface area contributed by atoms with Crippen molar-refractivity contribution in [2.24, 2.45) is 0 Å². The van der Waals surface area contributed by atoms with Crippen LogP contribution in [0.3, 0.4) is 0 Å². The topological polar surface area (TPSA) is 35.6 Å². The number of fused-ring (bicyclic) bond motifs is 1. The summed E-state index contributed by atoms with van der Waals surface area (Å²) in [6.07, 6.45) is 0. The molecule has 146 valence electrons. The van der Waals surface area contributed by atoms with E-state index in [9.17, 15) is 4.79 Å². The Morgan fingerprint density at radius 1 is 0.964 bits per heavy atom. The summed E-state index contributed by atoms with van der Waals surface area (Å²) in [4.78, 5) is 17.3. The van der Waals surface area contributed by atoms with Crippen LogP contribution < -0.4 is 5.32 Å². The number of hydrogen-bond acceptors (Lipinski definition) is 4. The van der Waals surface area contributed by atoms with Gasteiger partial charge in [0.15, 0.2) is 0 Å². The Morgan fingerprint density at radius 2 is 1.64 bits per heavy atom. The lowest BCUT2D eigenvalue weighted by Crippen LogP contribution is -2.48. The number of amides is 1. The molecule has 0 unspecified atom stereocenters. The maximum atomic E-state index is 12.5. The molecular formula is C23H27N3OS. The van der Waals surface area contributed by atoms with Crippen LogP contribution in [0.2, 0.25) is 0 Å². The lowest BCUT2D eigenvalue weighted by molar-refractivity contribution is -0.117. The van der Waals surface area contributed by atoms with Gasteiger partial charge in [-0.25, -0.2) is 0 Å². The van der Waals surface area contributed by atoms with Gasteiger partial charge in [0.1, 0.15) is 0 Å². The molecular weight excluding hydrogens is 366 g/mol. The van der Waals surface area contributed by atoms with Gasteiger partial charge < -0.3 is 5.32 Å². The summed E-state index contributed by atoms with van der Waals surface area (Å²) in [5, 5.41) is 6.77. The molecule has 0 spiro atoms. The highest BCUT2D eigenvalue weighted by Crippen LogP contribution is 2.27. The van der Waals surface area contributed by atoms with Crippen LogP contribution in [0.15, 0.2) is 47.8 Å². The zero-order chi connectivity index (χ0) is 19.5. The third-order valence-corrected chi connectivity index (χ3v) is 6.55. The molecule has 5 heteroatoms.